The minimum atomic E-state index is 0.0298. The fourth-order valence-corrected chi connectivity index (χ4v) is 3.28. The first kappa shape index (κ1) is 13.6. The topological polar surface area (TPSA) is 48.4 Å². The Kier molecular flexibility index (Phi) is 3.76. The lowest BCUT2D eigenvalue weighted by Gasteiger charge is -2.10. The number of hydrogen-bond acceptors (Lipinski definition) is 5. The second-order valence-corrected chi connectivity index (χ2v) is 6.31. The summed E-state index contributed by atoms with van der Waals surface area (Å²) in [4.78, 5) is 16.3. The smallest absolute Gasteiger partial charge is 0.175 e. The number of nitrogens with zero attached hydrogens (tertiary/aromatic N) is 1. The van der Waals surface area contributed by atoms with Crippen molar-refractivity contribution in [1.82, 2.24) is 4.98 Å². The highest BCUT2D eigenvalue weighted by atomic mass is 79.9. The molecule has 2 aromatic rings. The largest absolute Gasteiger partial charge is 0.489 e. The van der Waals surface area contributed by atoms with E-state index in [0.29, 0.717) is 23.8 Å². The predicted octanol–water partition coefficient (Wildman–Crippen LogP) is 3.94. The van der Waals surface area contributed by atoms with Gasteiger partial charge in [0.1, 0.15) is 5.01 Å². The van der Waals surface area contributed by atoms with Crippen LogP contribution < -0.4 is 9.47 Å². The molecule has 1 aliphatic heterocycles. The second kappa shape index (κ2) is 5.54. The number of halogens is 1. The fourth-order valence-electron chi connectivity index (χ4n) is 1.92. The van der Waals surface area contributed by atoms with Gasteiger partial charge in [-0.15, -0.1) is 11.3 Å². The molecule has 0 saturated carbocycles. The Labute approximate surface area is 128 Å². The van der Waals surface area contributed by atoms with Gasteiger partial charge in [0.25, 0.3) is 0 Å². The molecule has 0 fully saturated rings. The van der Waals surface area contributed by atoms with Gasteiger partial charge < -0.3 is 9.47 Å². The molecule has 2 heterocycles. The summed E-state index contributed by atoms with van der Waals surface area (Å²) < 4.78 is 12.2. The molecule has 104 valence electrons. The quantitative estimate of drug-likeness (QED) is 0.767. The molecule has 1 aromatic heterocycles. The van der Waals surface area contributed by atoms with Crippen molar-refractivity contribution in [3.05, 3.63) is 27.7 Å². The number of ether oxygens (including phenoxy) is 2. The molecule has 0 N–H and O–H groups in total. The van der Waals surface area contributed by atoms with Gasteiger partial charge in [0.05, 0.1) is 22.6 Å². The Bertz CT molecular complexity index is 668. The van der Waals surface area contributed by atoms with Crippen molar-refractivity contribution < 1.29 is 14.3 Å². The molecule has 4 nitrogen and oxygen atoms in total. The standard InChI is InChI=1S/C14H12BrNO3S/c1-8(17)12-7-16-14(20-12)9-5-10(15)13-11(6-9)18-3-2-4-19-13/h5-7H,2-4H2,1H3. The van der Waals surface area contributed by atoms with Gasteiger partial charge >= 0.3 is 0 Å². The zero-order valence-electron chi connectivity index (χ0n) is 10.8. The number of Topliss-reactive ketones (excluding diaryl/α,β-unsaturated/α-hetero) is 1. The number of carbonyl (C=O) groups is 1. The first-order valence-corrected chi connectivity index (χ1v) is 7.82. The molecule has 0 bridgehead atoms. The van der Waals surface area contributed by atoms with Crippen LogP contribution in [0.4, 0.5) is 0 Å². The van der Waals surface area contributed by atoms with Crippen LogP contribution in [0.5, 0.6) is 11.5 Å². The Hall–Kier alpha value is -1.40. The van der Waals surface area contributed by atoms with Gasteiger partial charge in [-0.05, 0) is 28.1 Å². The van der Waals surface area contributed by atoms with Crippen LogP contribution in [-0.2, 0) is 0 Å². The first-order chi connectivity index (χ1) is 9.65. The van der Waals surface area contributed by atoms with Crippen LogP contribution in [0.2, 0.25) is 0 Å². The maximum atomic E-state index is 11.4. The number of ketones is 1. The Balaban J connectivity index is 2.03. The van der Waals surface area contributed by atoms with E-state index >= 15 is 0 Å². The molecule has 1 aromatic carbocycles. The van der Waals surface area contributed by atoms with Gasteiger partial charge in [0.15, 0.2) is 17.3 Å². The summed E-state index contributed by atoms with van der Waals surface area (Å²) in [5, 5.41) is 0.798. The highest BCUT2D eigenvalue weighted by Crippen LogP contribution is 2.41. The first-order valence-electron chi connectivity index (χ1n) is 6.21. The molecule has 0 amide bonds. The van der Waals surface area contributed by atoms with Gasteiger partial charge in [0, 0.05) is 25.1 Å². The SMILES string of the molecule is CC(=O)c1cnc(-c2cc(Br)c3c(c2)OCCCO3)s1. The van der Waals surface area contributed by atoms with E-state index in [1.165, 1.54) is 11.3 Å². The Morgan fingerprint density at radius 1 is 1.35 bits per heavy atom. The third-order valence-corrected chi connectivity index (χ3v) is 4.64. The molecular formula is C14H12BrNO3S. The van der Waals surface area contributed by atoms with Gasteiger partial charge in [-0.1, -0.05) is 0 Å². The van der Waals surface area contributed by atoms with E-state index in [4.69, 9.17) is 9.47 Å². The monoisotopic (exact) mass is 353 g/mol. The normalized spacial score (nSPS) is 13.9. The number of carbonyl (C=O) groups excluding carboxylic acids is 1. The Morgan fingerprint density at radius 3 is 2.90 bits per heavy atom. The fraction of sp³-hybridized carbons (Fsp3) is 0.286. The minimum absolute atomic E-state index is 0.0298. The van der Waals surface area contributed by atoms with Gasteiger partial charge in [-0.2, -0.15) is 0 Å². The maximum Gasteiger partial charge on any atom is 0.175 e. The van der Waals surface area contributed by atoms with E-state index in [1.807, 2.05) is 12.1 Å². The summed E-state index contributed by atoms with van der Waals surface area (Å²) in [7, 11) is 0. The van der Waals surface area contributed by atoms with Crippen molar-refractivity contribution in [2.24, 2.45) is 0 Å². The summed E-state index contributed by atoms with van der Waals surface area (Å²) >= 11 is 4.89. The predicted molar refractivity (Wildman–Crippen MR) is 80.9 cm³/mol. The van der Waals surface area contributed by atoms with Crippen LogP contribution in [0.25, 0.3) is 10.6 Å². The summed E-state index contributed by atoms with van der Waals surface area (Å²) in [5.41, 5.74) is 0.915. The average Bonchev–Trinajstić information content (AvgIpc) is 2.79. The van der Waals surface area contributed by atoms with Gasteiger partial charge in [-0.25, -0.2) is 4.98 Å². The molecule has 0 aliphatic carbocycles. The van der Waals surface area contributed by atoms with Crippen LogP contribution in [0.1, 0.15) is 23.0 Å². The average molecular weight is 354 g/mol. The van der Waals surface area contributed by atoms with E-state index < -0.39 is 0 Å². The second-order valence-electron chi connectivity index (χ2n) is 4.42. The Morgan fingerprint density at radius 2 is 2.15 bits per heavy atom. The zero-order valence-corrected chi connectivity index (χ0v) is 13.2. The highest BCUT2D eigenvalue weighted by Gasteiger charge is 2.17. The number of thiazole rings is 1. The highest BCUT2D eigenvalue weighted by molar-refractivity contribution is 9.10. The lowest BCUT2D eigenvalue weighted by atomic mass is 10.2. The lowest BCUT2D eigenvalue weighted by Crippen LogP contribution is -1.97. The number of benzene rings is 1. The zero-order chi connectivity index (χ0) is 14.1. The molecule has 0 spiro atoms. The van der Waals surface area contributed by atoms with Crippen LogP contribution >= 0.6 is 27.3 Å². The van der Waals surface area contributed by atoms with E-state index in [2.05, 4.69) is 20.9 Å². The van der Waals surface area contributed by atoms with Crippen LogP contribution in [-0.4, -0.2) is 24.0 Å². The summed E-state index contributed by atoms with van der Waals surface area (Å²) in [5.74, 6) is 1.48. The van der Waals surface area contributed by atoms with Crippen LogP contribution in [0, 0.1) is 0 Å². The van der Waals surface area contributed by atoms with E-state index in [1.54, 1.807) is 13.1 Å². The molecule has 0 unspecified atom stereocenters. The molecule has 0 atom stereocenters. The molecule has 20 heavy (non-hydrogen) atoms. The van der Waals surface area contributed by atoms with Crippen LogP contribution in [0.15, 0.2) is 22.8 Å². The molecule has 3 rings (SSSR count). The van der Waals surface area contributed by atoms with Crippen molar-refractivity contribution in [2.75, 3.05) is 13.2 Å². The third kappa shape index (κ3) is 2.58. The van der Waals surface area contributed by atoms with Crippen LogP contribution in [0.3, 0.4) is 0 Å². The number of fused-ring (bicyclic) bond motifs is 1. The summed E-state index contributed by atoms with van der Waals surface area (Å²) in [6, 6.07) is 3.85. The van der Waals surface area contributed by atoms with Gasteiger partial charge in [0.2, 0.25) is 0 Å². The van der Waals surface area contributed by atoms with Gasteiger partial charge in [-0.3, -0.25) is 4.79 Å². The third-order valence-electron chi connectivity index (χ3n) is 2.90. The molecule has 6 heteroatoms. The number of hydrogen-bond donors (Lipinski definition) is 0. The minimum Gasteiger partial charge on any atom is -0.489 e. The van der Waals surface area contributed by atoms with Crippen molar-refractivity contribution in [1.29, 1.82) is 0 Å². The van der Waals surface area contributed by atoms with Crippen molar-refractivity contribution in [2.45, 2.75) is 13.3 Å². The molecular weight excluding hydrogens is 342 g/mol. The molecule has 1 aliphatic rings. The van der Waals surface area contributed by atoms with Crippen molar-refractivity contribution in [3.8, 4) is 22.1 Å². The van der Waals surface area contributed by atoms with E-state index in [-0.39, 0.29) is 5.78 Å². The van der Waals surface area contributed by atoms with Crippen molar-refractivity contribution in [3.63, 3.8) is 0 Å². The number of rotatable bonds is 2. The van der Waals surface area contributed by atoms with E-state index in [9.17, 15) is 4.79 Å². The summed E-state index contributed by atoms with van der Waals surface area (Å²) in [6.07, 6.45) is 2.47. The summed E-state index contributed by atoms with van der Waals surface area (Å²) in [6.45, 7) is 2.83. The van der Waals surface area contributed by atoms with E-state index in [0.717, 1.165) is 27.2 Å². The molecule has 0 saturated heterocycles. The lowest BCUT2D eigenvalue weighted by molar-refractivity contribution is 0.102. The van der Waals surface area contributed by atoms with Crippen molar-refractivity contribution >= 4 is 33.0 Å². The molecule has 0 radical (unpaired) electrons. The number of aromatic nitrogens is 1. The maximum absolute atomic E-state index is 11.4.